The maximum atomic E-state index is 11.4. The molecule has 0 fully saturated rings. The van der Waals surface area contributed by atoms with E-state index in [-0.39, 0.29) is 11.7 Å². The first-order valence-corrected chi connectivity index (χ1v) is 6.82. The zero-order valence-electron chi connectivity index (χ0n) is 11.5. The Hall–Kier alpha value is -2.81. The smallest absolute Gasteiger partial charge is 0.221 e. The van der Waals surface area contributed by atoms with Crippen LogP contribution >= 0.6 is 0 Å². The molecule has 0 spiro atoms. The van der Waals surface area contributed by atoms with E-state index >= 15 is 0 Å². The van der Waals surface area contributed by atoms with Crippen molar-refractivity contribution in [1.29, 1.82) is 0 Å². The van der Waals surface area contributed by atoms with Gasteiger partial charge in [-0.2, -0.15) is 0 Å². The molecule has 21 heavy (non-hydrogen) atoms. The van der Waals surface area contributed by atoms with E-state index in [4.69, 9.17) is 0 Å². The van der Waals surface area contributed by atoms with Gasteiger partial charge < -0.3 is 10.4 Å². The molecule has 102 valence electrons. The highest BCUT2D eigenvalue weighted by Gasteiger charge is 2.14. The van der Waals surface area contributed by atoms with Gasteiger partial charge in [-0.05, 0) is 28.3 Å². The van der Waals surface area contributed by atoms with Gasteiger partial charge in [-0.1, -0.05) is 36.4 Å². The fourth-order valence-electron chi connectivity index (χ4n) is 3.13. The number of hydrogen-bond acceptors (Lipinski definition) is 2. The summed E-state index contributed by atoms with van der Waals surface area (Å²) in [6.07, 6.45) is 0. The summed E-state index contributed by atoms with van der Waals surface area (Å²) < 4.78 is 0. The highest BCUT2D eigenvalue weighted by atomic mass is 16.3. The molecular weight excluding hydrogens is 262 g/mol. The summed E-state index contributed by atoms with van der Waals surface area (Å²) in [6, 6.07) is 15.5. The number of nitrogens with one attached hydrogen (secondary N) is 1. The molecule has 0 aliphatic heterocycles. The minimum atomic E-state index is -0.0901. The minimum absolute atomic E-state index is 0.0901. The Labute approximate surface area is 121 Å². The Bertz CT molecular complexity index is 1000. The first-order chi connectivity index (χ1) is 10.1. The van der Waals surface area contributed by atoms with Gasteiger partial charge in [-0.25, -0.2) is 0 Å². The van der Waals surface area contributed by atoms with Crippen molar-refractivity contribution in [2.24, 2.45) is 0 Å². The van der Waals surface area contributed by atoms with Gasteiger partial charge in [0, 0.05) is 28.8 Å². The topological polar surface area (TPSA) is 49.3 Å². The summed E-state index contributed by atoms with van der Waals surface area (Å²) in [6.45, 7) is 1.51. The van der Waals surface area contributed by atoms with Crippen molar-refractivity contribution in [3.05, 3.63) is 48.5 Å². The van der Waals surface area contributed by atoms with Crippen LogP contribution < -0.4 is 5.32 Å². The number of benzene rings is 4. The second-order valence-electron chi connectivity index (χ2n) is 5.31. The van der Waals surface area contributed by atoms with Crippen molar-refractivity contribution in [2.75, 3.05) is 5.32 Å². The number of hydrogen-bond donors (Lipinski definition) is 2. The van der Waals surface area contributed by atoms with Crippen molar-refractivity contribution in [3.8, 4) is 5.75 Å². The number of phenols is 1. The SMILES string of the molecule is CC(=O)Nc1cc2cccc3c(O)cc4cccc1c4c23. The van der Waals surface area contributed by atoms with Crippen molar-refractivity contribution < 1.29 is 9.90 Å². The largest absolute Gasteiger partial charge is 0.507 e. The van der Waals surface area contributed by atoms with Crippen LogP contribution in [0.2, 0.25) is 0 Å². The van der Waals surface area contributed by atoms with Crippen molar-refractivity contribution in [2.45, 2.75) is 6.92 Å². The monoisotopic (exact) mass is 275 g/mol. The molecule has 0 aliphatic carbocycles. The van der Waals surface area contributed by atoms with Crippen LogP contribution in [0.3, 0.4) is 0 Å². The number of aromatic hydroxyl groups is 1. The molecule has 0 heterocycles. The summed E-state index contributed by atoms with van der Waals surface area (Å²) in [5, 5.41) is 19.1. The standard InChI is InChI=1S/C18H13NO2/c1-10(20)19-15-8-11-4-3-7-14-16(21)9-12-5-2-6-13(15)17(12)18(11)14/h2-9,21H,1H3,(H,19,20). The molecule has 0 bridgehead atoms. The molecule has 4 aromatic rings. The van der Waals surface area contributed by atoms with Gasteiger partial charge in [-0.3, -0.25) is 4.79 Å². The van der Waals surface area contributed by atoms with E-state index < -0.39 is 0 Å². The number of phenolic OH excluding ortho intramolecular Hbond substituents is 1. The molecule has 0 aromatic heterocycles. The average molecular weight is 275 g/mol. The van der Waals surface area contributed by atoms with Crippen molar-refractivity contribution in [3.63, 3.8) is 0 Å². The lowest BCUT2D eigenvalue weighted by atomic mass is 9.92. The lowest BCUT2D eigenvalue weighted by Crippen LogP contribution is -2.06. The number of carbonyl (C=O) groups excluding carboxylic acids is 1. The summed E-state index contributed by atoms with van der Waals surface area (Å²) in [7, 11) is 0. The first kappa shape index (κ1) is 12.0. The zero-order valence-corrected chi connectivity index (χ0v) is 11.5. The fourth-order valence-corrected chi connectivity index (χ4v) is 3.13. The zero-order chi connectivity index (χ0) is 14.6. The van der Waals surface area contributed by atoms with Gasteiger partial charge in [-0.15, -0.1) is 0 Å². The molecule has 0 radical (unpaired) electrons. The predicted molar refractivity (Wildman–Crippen MR) is 86.1 cm³/mol. The van der Waals surface area contributed by atoms with Crippen LogP contribution in [0.1, 0.15) is 6.92 Å². The molecule has 3 heteroatoms. The Morgan fingerprint density at radius 3 is 2.29 bits per heavy atom. The molecule has 0 saturated carbocycles. The average Bonchev–Trinajstić information content (AvgIpc) is 2.46. The molecule has 0 unspecified atom stereocenters. The first-order valence-electron chi connectivity index (χ1n) is 6.82. The van der Waals surface area contributed by atoms with Gasteiger partial charge >= 0.3 is 0 Å². The summed E-state index contributed by atoms with van der Waals surface area (Å²) in [5.74, 6) is 0.195. The highest BCUT2D eigenvalue weighted by molar-refractivity contribution is 6.27. The molecule has 4 aromatic carbocycles. The van der Waals surface area contributed by atoms with E-state index in [1.54, 1.807) is 6.07 Å². The minimum Gasteiger partial charge on any atom is -0.507 e. The summed E-state index contributed by atoms with van der Waals surface area (Å²) >= 11 is 0. The van der Waals surface area contributed by atoms with Crippen LogP contribution in [0, 0.1) is 0 Å². The molecule has 0 saturated heterocycles. The lowest BCUT2D eigenvalue weighted by Gasteiger charge is -2.15. The van der Waals surface area contributed by atoms with Crippen LogP contribution in [-0.2, 0) is 4.79 Å². The molecule has 2 N–H and O–H groups in total. The van der Waals surface area contributed by atoms with E-state index in [0.717, 1.165) is 38.0 Å². The van der Waals surface area contributed by atoms with E-state index in [1.807, 2.05) is 42.5 Å². The lowest BCUT2D eigenvalue weighted by molar-refractivity contribution is -0.114. The Morgan fingerprint density at radius 2 is 1.57 bits per heavy atom. The quantitative estimate of drug-likeness (QED) is 0.510. The third kappa shape index (κ3) is 1.64. The number of rotatable bonds is 1. The van der Waals surface area contributed by atoms with Crippen LogP contribution in [0.25, 0.3) is 32.3 Å². The maximum absolute atomic E-state index is 11.4. The van der Waals surface area contributed by atoms with Crippen LogP contribution in [0.15, 0.2) is 48.5 Å². The number of anilines is 1. The van der Waals surface area contributed by atoms with Crippen LogP contribution in [-0.4, -0.2) is 11.0 Å². The predicted octanol–water partition coefficient (Wildman–Crippen LogP) is 4.25. The molecule has 0 atom stereocenters. The van der Waals surface area contributed by atoms with Gasteiger partial charge in [0.1, 0.15) is 5.75 Å². The Kier molecular flexibility index (Phi) is 2.33. The number of carbonyl (C=O) groups is 1. The second kappa shape index (κ2) is 4.09. The second-order valence-corrected chi connectivity index (χ2v) is 5.31. The van der Waals surface area contributed by atoms with Gasteiger partial charge in [0.15, 0.2) is 0 Å². The number of amides is 1. The Balaban J connectivity index is 2.29. The molecule has 0 aliphatic rings. The third-order valence-corrected chi connectivity index (χ3v) is 3.91. The van der Waals surface area contributed by atoms with E-state index in [9.17, 15) is 9.90 Å². The van der Waals surface area contributed by atoms with Gasteiger partial charge in [0.05, 0.1) is 0 Å². The van der Waals surface area contributed by atoms with E-state index in [1.165, 1.54) is 6.92 Å². The fraction of sp³-hybridized carbons (Fsp3) is 0.0556. The van der Waals surface area contributed by atoms with E-state index in [2.05, 4.69) is 5.32 Å². The van der Waals surface area contributed by atoms with Crippen LogP contribution in [0.5, 0.6) is 5.75 Å². The normalized spacial score (nSPS) is 11.5. The molecular formula is C18H13NO2. The third-order valence-electron chi connectivity index (χ3n) is 3.91. The van der Waals surface area contributed by atoms with E-state index in [0.29, 0.717) is 0 Å². The van der Waals surface area contributed by atoms with Gasteiger partial charge in [0.25, 0.3) is 0 Å². The molecule has 3 nitrogen and oxygen atoms in total. The van der Waals surface area contributed by atoms with Crippen LogP contribution in [0.4, 0.5) is 5.69 Å². The van der Waals surface area contributed by atoms with Crippen molar-refractivity contribution in [1.82, 2.24) is 0 Å². The van der Waals surface area contributed by atoms with Gasteiger partial charge in [0.2, 0.25) is 5.91 Å². The summed E-state index contributed by atoms with van der Waals surface area (Å²) in [4.78, 5) is 11.4. The molecule has 1 amide bonds. The maximum Gasteiger partial charge on any atom is 0.221 e. The van der Waals surface area contributed by atoms with Crippen molar-refractivity contribution >= 4 is 43.9 Å². The highest BCUT2D eigenvalue weighted by Crippen LogP contribution is 2.41. The summed E-state index contributed by atoms with van der Waals surface area (Å²) in [5.41, 5.74) is 0.804. The molecule has 4 rings (SSSR count). The Morgan fingerprint density at radius 1 is 0.952 bits per heavy atom.